The molecule has 0 heterocycles. The van der Waals surface area contributed by atoms with Crippen molar-refractivity contribution in [2.45, 2.75) is 18.9 Å². The van der Waals surface area contributed by atoms with Gasteiger partial charge in [-0.2, -0.15) is 0 Å². The molecule has 0 aliphatic heterocycles. The third-order valence-electron chi connectivity index (χ3n) is 2.97. The molecule has 1 fully saturated rings. The Morgan fingerprint density at radius 3 is 2.76 bits per heavy atom. The fourth-order valence-electron chi connectivity index (χ4n) is 1.64. The summed E-state index contributed by atoms with van der Waals surface area (Å²) in [7, 11) is 1.60. The van der Waals surface area contributed by atoms with E-state index in [-0.39, 0.29) is 6.54 Å². The molecule has 2 rings (SSSR count). The van der Waals surface area contributed by atoms with Crippen LogP contribution in [0, 0.1) is 5.92 Å². The molecule has 1 saturated carbocycles. The van der Waals surface area contributed by atoms with Gasteiger partial charge in [-0.15, -0.1) is 0 Å². The van der Waals surface area contributed by atoms with E-state index >= 15 is 0 Å². The van der Waals surface area contributed by atoms with Crippen LogP contribution in [0.15, 0.2) is 18.2 Å². The molecule has 0 spiro atoms. The van der Waals surface area contributed by atoms with Crippen LogP contribution in [0.1, 0.15) is 24.5 Å². The van der Waals surface area contributed by atoms with E-state index in [2.05, 4.69) is 0 Å². The van der Waals surface area contributed by atoms with E-state index < -0.39 is 6.10 Å². The molecule has 1 aromatic carbocycles. The van der Waals surface area contributed by atoms with Crippen molar-refractivity contribution in [3.8, 4) is 11.5 Å². The van der Waals surface area contributed by atoms with Crippen molar-refractivity contribution < 1.29 is 14.6 Å². The van der Waals surface area contributed by atoms with Crippen LogP contribution >= 0.6 is 0 Å². The van der Waals surface area contributed by atoms with Crippen LogP contribution in [-0.2, 0) is 0 Å². The van der Waals surface area contributed by atoms with Crippen molar-refractivity contribution in [2.75, 3.05) is 20.3 Å². The summed E-state index contributed by atoms with van der Waals surface area (Å²) in [5.41, 5.74) is 6.17. The average Bonchev–Trinajstić information content (AvgIpc) is 3.19. The molecule has 94 valence electrons. The number of methoxy groups -OCH3 is 1. The van der Waals surface area contributed by atoms with E-state index in [0.29, 0.717) is 11.7 Å². The van der Waals surface area contributed by atoms with Gasteiger partial charge in [0.1, 0.15) is 0 Å². The van der Waals surface area contributed by atoms with Gasteiger partial charge in [-0.25, -0.2) is 0 Å². The lowest BCUT2D eigenvalue weighted by Gasteiger charge is -2.14. The Labute approximate surface area is 101 Å². The number of aliphatic hydroxyl groups is 1. The summed E-state index contributed by atoms with van der Waals surface area (Å²) in [5.74, 6) is 2.08. The Kier molecular flexibility index (Phi) is 3.86. The Morgan fingerprint density at radius 2 is 2.18 bits per heavy atom. The third kappa shape index (κ3) is 3.11. The lowest BCUT2D eigenvalue weighted by molar-refractivity contribution is 0.186. The molecular formula is C13H19NO3. The first-order valence-corrected chi connectivity index (χ1v) is 5.93. The SMILES string of the molecule is COc1cc([C@@H](O)CN)ccc1OCC1CC1. The molecular weight excluding hydrogens is 218 g/mol. The molecule has 0 radical (unpaired) electrons. The van der Waals surface area contributed by atoms with E-state index in [0.717, 1.165) is 17.9 Å². The maximum Gasteiger partial charge on any atom is 0.161 e. The number of rotatable bonds is 6. The summed E-state index contributed by atoms with van der Waals surface area (Å²) in [6.45, 7) is 0.945. The highest BCUT2D eigenvalue weighted by atomic mass is 16.5. The van der Waals surface area contributed by atoms with Crippen LogP contribution in [0.5, 0.6) is 11.5 Å². The molecule has 0 aromatic heterocycles. The Morgan fingerprint density at radius 1 is 1.41 bits per heavy atom. The van der Waals surface area contributed by atoms with Crippen LogP contribution in [0.4, 0.5) is 0 Å². The first-order valence-electron chi connectivity index (χ1n) is 5.93. The fraction of sp³-hybridized carbons (Fsp3) is 0.538. The van der Waals surface area contributed by atoms with Crippen molar-refractivity contribution in [1.82, 2.24) is 0 Å². The topological polar surface area (TPSA) is 64.7 Å². The van der Waals surface area contributed by atoms with Gasteiger partial charge in [0, 0.05) is 6.54 Å². The van der Waals surface area contributed by atoms with Crippen LogP contribution in [0.25, 0.3) is 0 Å². The minimum atomic E-state index is -0.651. The smallest absolute Gasteiger partial charge is 0.161 e. The van der Waals surface area contributed by atoms with Crippen LogP contribution in [-0.4, -0.2) is 25.4 Å². The van der Waals surface area contributed by atoms with E-state index in [1.807, 2.05) is 12.1 Å². The van der Waals surface area contributed by atoms with E-state index in [1.165, 1.54) is 12.8 Å². The van der Waals surface area contributed by atoms with Gasteiger partial charge in [0.25, 0.3) is 0 Å². The van der Waals surface area contributed by atoms with Gasteiger partial charge in [-0.1, -0.05) is 6.07 Å². The number of benzene rings is 1. The number of hydrogen-bond acceptors (Lipinski definition) is 4. The molecule has 4 heteroatoms. The highest BCUT2D eigenvalue weighted by molar-refractivity contribution is 5.43. The molecule has 17 heavy (non-hydrogen) atoms. The van der Waals surface area contributed by atoms with E-state index in [4.69, 9.17) is 15.2 Å². The Balaban J connectivity index is 2.09. The third-order valence-corrected chi connectivity index (χ3v) is 2.97. The predicted octanol–water partition coefficient (Wildman–Crippen LogP) is 1.48. The van der Waals surface area contributed by atoms with E-state index in [1.54, 1.807) is 13.2 Å². The summed E-state index contributed by atoms with van der Waals surface area (Å²) in [6, 6.07) is 5.43. The van der Waals surface area contributed by atoms with Gasteiger partial charge in [0.15, 0.2) is 11.5 Å². The van der Waals surface area contributed by atoms with Gasteiger partial charge in [-0.05, 0) is 36.5 Å². The van der Waals surface area contributed by atoms with Crippen LogP contribution in [0.3, 0.4) is 0 Å². The summed E-state index contributed by atoms with van der Waals surface area (Å²) in [4.78, 5) is 0. The minimum Gasteiger partial charge on any atom is -0.493 e. The number of hydrogen-bond donors (Lipinski definition) is 2. The Hall–Kier alpha value is -1.26. The normalized spacial score (nSPS) is 16.6. The Bertz CT molecular complexity index is 377. The highest BCUT2D eigenvalue weighted by Crippen LogP contribution is 2.34. The second kappa shape index (κ2) is 5.38. The highest BCUT2D eigenvalue weighted by Gasteiger charge is 2.22. The number of ether oxygens (including phenoxy) is 2. The molecule has 1 aliphatic carbocycles. The zero-order valence-corrected chi connectivity index (χ0v) is 10.1. The van der Waals surface area contributed by atoms with Gasteiger partial charge in [0.2, 0.25) is 0 Å². The van der Waals surface area contributed by atoms with E-state index in [9.17, 15) is 5.11 Å². The monoisotopic (exact) mass is 237 g/mol. The molecule has 4 nitrogen and oxygen atoms in total. The van der Waals surface area contributed by atoms with Crippen LogP contribution in [0.2, 0.25) is 0 Å². The molecule has 0 bridgehead atoms. The quantitative estimate of drug-likeness (QED) is 0.786. The lowest BCUT2D eigenvalue weighted by Crippen LogP contribution is -2.11. The van der Waals surface area contributed by atoms with Crippen molar-refractivity contribution in [3.05, 3.63) is 23.8 Å². The molecule has 1 atom stereocenters. The van der Waals surface area contributed by atoms with Crippen molar-refractivity contribution >= 4 is 0 Å². The maximum absolute atomic E-state index is 9.65. The summed E-state index contributed by atoms with van der Waals surface area (Å²) < 4.78 is 10.9. The fourth-order valence-corrected chi connectivity index (χ4v) is 1.64. The van der Waals surface area contributed by atoms with Crippen molar-refractivity contribution in [1.29, 1.82) is 0 Å². The molecule has 3 N–H and O–H groups in total. The van der Waals surface area contributed by atoms with Crippen molar-refractivity contribution in [2.24, 2.45) is 11.7 Å². The average molecular weight is 237 g/mol. The first-order chi connectivity index (χ1) is 8.24. The summed E-state index contributed by atoms with van der Waals surface area (Å²) in [6.07, 6.45) is 1.86. The molecule has 1 aliphatic rings. The lowest BCUT2D eigenvalue weighted by atomic mass is 10.1. The second-order valence-corrected chi connectivity index (χ2v) is 4.42. The standard InChI is InChI=1S/C13H19NO3/c1-16-13-6-10(11(15)7-14)4-5-12(13)17-8-9-2-3-9/h4-6,9,11,15H,2-3,7-8,14H2,1H3/t11-/m0/s1. The largest absolute Gasteiger partial charge is 0.493 e. The summed E-state index contributed by atoms with van der Waals surface area (Å²) in [5, 5.41) is 9.65. The molecule has 0 saturated heterocycles. The number of aliphatic hydroxyl groups excluding tert-OH is 1. The van der Waals surface area contributed by atoms with Gasteiger partial charge in [-0.3, -0.25) is 0 Å². The zero-order valence-electron chi connectivity index (χ0n) is 10.1. The second-order valence-electron chi connectivity index (χ2n) is 4.42. The minimum absolute atomic E-state index is 0.200. The zero-order chi connectivity index (χ0) is 12.3. The molecule has 0 unspecified atom stereocenters. The van der Waals surface area contributed by atoms with Gasteiger partial charge in [0.05, 0.1) is 19.8 Å². The van der Waals surface area contributed by atoms with Crippen LogP contribution < -0.4 is 15.2 Å². The molecule has 1 aromatic rings. The number of nitrogens with two attached hydrogens (primary N) is 1. The maximum atomic E-state index is 9.65. The van der Waals surface area contributed by atoms with Crippen molar-refractivity contribution in [3.63, 3.8) is 0 Å². The predicted molar refractivity (Wildman–Crippen MR) is 65.2 cm³/mol. The molecule has 0 amide bonds. The summed E-state index contributed by atoms with van der Waals surface area (Å²) >= 11 is 0. The van der Waals surface area contributed by atoms with Gasteiger partial charge < -0.3 is 20.3 Å². The first kappa shape index (κ1) is 12.2. The van der Waals surface area contributed by atoms with Gasteiger partial charge >= 0.3 is 0 Å².